The number of carbonyl (C=O) groups is 1. The van der Waals surface area contributed by atoms with E-state index in [0.29, 0.717) is 19.0 Å². The van der Waals surface area contributed by atoms with Gasteiger partial charge in [0, 0.05) is 19.5 Å². The molecule has 1 amide bonds. The first kappa shape index (κ1) is 14.2. The fourth-order valence-corrected chi connectivity index (χ4v) is 3.32. The molecule has 0 radical (unpaired) electrons. The molecule has 0 bridgehead atoms. The summed E-state index contributed by atoms with van der Waals surface area (Å²) in [7, 11) is 1.86. The Morgan fingerprint density at radius 3 is 2.95 bits per heavy atom. The minimum atomic E-state index is 0.0917. The number of nitrogens with zero attached hydrogens (tertiary/aromatic N) is 1. The van der Waals surface area contributed by atoms with Gasteiger partial charge in [0.2, 0.25) is 12.7 Å². The summed E-state index contributed by atoms with van der Waals surface area (Å²) in [4.78, 5) is 14.4. The zero-order chi connectivity index (χ0) is 14.8. The molecule has 3 rings (SSSR count). The average molecular weight is 290 g/mol. The van der Waals surface area contributed by atoms with E-state index in [2.05, 4.69) is 0 Å². The van der Waals surface area contributed by atoms with Crippen molar-refractivity contribution in [2.45, 2.75) is 25.8 Å². The minimum absolute atomic E-state index is 0.0917. The summed E-state index contributed by atoms with van der Waals surface area (Å²) in [5.74, 6) is 2.17. The molecule has 2 N–H and O–H groups in total. The molecule has 2 atom stereocenters. The van der Waals surface area contributed by atoms with E-state index in [0.717, 1.165) is 36.3 Å². The molecule has 21 heavy (non-hydrogen) atoms. The van der Waals surface area contributed by atoms with Crippen molar-refractivity contribution in [2.24, 2.45) is 17.6 Å². The van der Waals surface area contributed by atoms with Crippen LogP contribution in [0.3, 0.4) is 0 Å². The summed E-state index contributed by atoms with van der Waals surface area (Å²) in [6.07, 6.45) is 3.15. The number of hydrogen-bond donors (Lipinski definition) is 1. The van der Waals surface area contributed by atoms with Gasteiger partial charge >= 0.3 is 0 Å². The van der Waals surface area contributed by atoms with Gasteiger partial charge in [0.25, 0.3) is 0 Å². The molecule has 1 aliphatic heterocycles. The Labute approximate surface area is 125 Å². The second kappa shape index (κ2) is 5.93. The second-order valence-corrected chi connectivity index (χ2v) is 5.92. The third kappa shape index (κ3) is 2.83. The first-order chi connectivity index (χ1) is 10.2. The lowest BCUT2D eigenvalue weighted by Crippen LogP contribution is -2.36. The maximum atomic E-state index is 12.6. The quantitative estimate of drug-likeness (QED) is 0.917. The van der Waals surface area contributed by atoms with Crippen LogP contribution in [-0.4, -0.2) is 31.2 Å². The van der Waals surface area contributed by atoms with Crippen LogP contribution in [0.2, 0.25) is 0 Å². The van der Waals surface area contributed by atoms with Crippen LogP contribution >= 0.6 is 0 Å². The number of carbonyl (C=O) groups excluding carboxylic acids is 1. The molecule has 1 saturated carbocycles. The predicted molar refractivity (Wildman–Crippen MR) is 78.9 cm³/mol. The molecular formula is C16H22N2O3. The Balaban J connectivity index is 1.65. The van der Waals surface area contributed by atoms with Crippen LogP contribution in [0.1, 0.15) is 24.8 Å². The van der Waals surface area contributed by atoms with Crippen molar-refractivity contribution >= 4 is 5.91 Å². The lowest BCUT2D eigenvalue weighted by Gasteiger charge is -2.24. The smallest absolute Gasteiger partial charge is 0.231 e. The van der Waals surface area contributed by atoms with Crippen LogP contribution in [0, 0.1) is 11.8 Å². The molecule has 1 aromatic carbocycles. The number of nitrogens with two attached hydrogens (primary N) is 1. The molecule has 2 unspecified atom stereocenters. The molecule has 2 aliphatic rings. The van der Waals surface area contributed by atoms with Gasteiger partial charge in [-0.3, -0.25) is 4.79 Å². The Bertz CT molecular complexity index is 532. The molecule has 0 saturated heterocycles. The molecule has 114 valence electrons. The third-order valence-corrected chi connectivity index (χ3v) is 4.51. The fourth-order valence-electron chi connectivity index (χ4n) is 3.32. The van der Waals surface area contributed by atoms with Gasteiger partial charge in [-0.1, -0.05) is 12.5 Å². The summed E-state index contributed by atoms with van der Waals surface area (Å²) in [5.41, 5.74) is 6.83. The van der Waals surface area contributed by atoms with Crippen LogP contribution < -0.4 is 15.2 Å². The van der Waals surface area contributed by atoms with Crippen LogP contribution in [0.5, 0.6) is 11.5 Å². The number of benzene rings is 1. The fraction of sp³-hybridized carbons (Fsp3) is 0.562. The monoisotopic (exact) mass is 290 g/mol. The molecule has 5 heteroatoms. The van der Waals surface area contributed by atoms with Gasteiger partial charge in [0.1, 0.15) is 0 Å². The van der Waals surface area contributed by atoms with Gasteiger partial charge in [-0.05, 0) is 43.0 Å². The van der Waals surface area contributed by atoms with E-state index in [1.54, 1.807) is 4.90 Å². The standard InChI is InChI=1S/C16H22N2O3/c1-18(16(19)13-4-2-3-12(13)8-17)9-11-5-6-14-15(7-11)21-10-20-14/h5-7,12-13H,2-4,8-10,17H2,1H3. The van der Waals surface area contributed by atoms with E-state index in [1.165, 1.54) is 0 Å². The Morgan fingerprint density at radius 2 is 2.14 bits per heavy atom. The molecule has 1 aliphatic carbocycles. The maximum Gasteiger partial charge on any atom is 0.231 e. The molecule has 0 spiro atoms. The summed E-state index contributed by atoms with van der Waals surface area (Å²) < 4.78 is 10.7. The number of ether oxygens (including phenoxy) is 2. The average Bonchev–Trinajstić information content (AvgIpc) is 3.14. The summed E-state index contributed by atoms with van der Waals surface area (Å²) in [6, 6.07) is 5.82. The van der Waals surface area contributed by atoms with Gasteiger partial charge in [-0.25, -0.2) is 0 Å². The van der Waals surface area contributed by atoms with Crippen molar-refractivity contribution in [1.82, 2.24) is 4.90 Å². The van der Waals surface area contributed by atoms with Gasteiger partial charge in [-0.15, -0.1) is 0 Å². The predicted octanol–water partition coefficient (Wildman–Crippen LogP) is 1.75. The van der Waals surface area contributed by atoms with Crippen LogP contribution in [0.4, 0.5) is 0 Å². The number of amides is 1. The zero-order valence-corrected chi connectivity index (χ0v) is 12.4. The molecule has 5 nitrogen and oxygen atoms in total. The molecule has 0 aromatic heterocycles. The van der Waals surface area contributed by atoms with Crippen molar-refractivity contribution in [3.8, 4) is 11.5 Å². The van der Waals surface area contributed by atoms with Crippen LogP contribution in [-0.2, 0) is 11.3 Å². The van der Waals surface area contributed by atoms with E-state index >= 15 is 0 Å². The zero-order valence-electron chi connectivity index (χ0n) is 12.4. The largest absolute Gasteiger partial charge is 0.454 e. The van der Waals surface area contributed by atoms with Crippen molar-refractivity contribution in [3.63, 3.8) is 0 Å². The number of rotatable bonds is 4. The van der Waals surface area contributed by atoms with Gasteiger partial charge < -0.3 is 20.1 Å². The lowest BCUT2D eigenvalue weighted by molar-refractivity contribution is -0.135. The third-order valence-electron chi connectivity index (χ3n) is 4.51. The van der Waals surface area contributed by atoms with Crippen molar-refractivity contribution in [2.75, 3.05) is 20.4 Å². The molecule has 1 aromatic rings. The van der Waals surface area contributed by atoms with E-state index in [4.69, 9.17) is 15.2 Å². The van der Waals surface area contributed by atoms with E-state index in [9.17, 15) is 4.79 Å². The second-order valence-electron chi connectivity index (χ2n) is 5.92. The van der Waals surface area contributed by atoms with Gasteiger partial charge in [0.15, 0.2) is 11.5 Å². The highest BCUT2D eigenvalue weighted by Crippen LogP contribution is 2.34. The van der Waals surface area contributed by atoms with Crippen molar-refractivity contribution in [3.05, 3.63) is 23.8 Å². The van der Waals surface area contributed by atoms with E-state index in [1.807, 2.05) is 25.2 Å². The highest BCUT2D eigenvalue weighted by atomic mass is 16.7. The minimum Gasteiger partial charge on any atom is -0.454 e. The van der Waals surface area contributed by atoms with Gasteiger partial charge in [0.05, 0.1) is 0 Å². The normalized spacial score (nSPS) is 23.3. The summed E-state index contributed by atoms with van der Waals surface area (Å²) in [5, 5.41) is 0. The Kier molecular flexibility index (Phi) is 4.01. The van der Waals surface area contributed by atoms with Crippen LogP contribution in [0.25, 0.3) is 0 Å². The molecule has 1 heterocycles. The Morgan fingerprint density at radius 1 is 1.33 bits per heavy atom. The summed E-state index contributed by atoms with van der Waals surface area (Å²) in [6.45, 7) is 1.46. The van der Waals surface area contributed by atoms with E-state index < -0.39 is 0 Å². The lowest BCUT2D eigenvalue weighted by atomic mass is 9.95. The van der Waals surface area contributed by atoms with Crippen molar-refractivity contribution in [1.29, 1.82) is 0 Å². The van der Waals surface area contributed by atoms with Crippen LogP contribution in [0.15, 0.2) is 18.2 Å². The topological polar surface area (TPSA) is 64.8 Å². The van der Waals surface area contributed by atoms with Crippen molar-refractivity contribution < 1.29 is 14.3 Å². The first-order valence-corrected chi connectivity index (χ1v) is 7.52. The first-order valence-electron chi connectivity index (χ1n) is 7.52. The molecular weight excluding hydrogens is 268 g/mol. The highest BCUT2D eigenvalue weighted by molar-refractivity contribution is 5.79. The van der Waals surface area contributed by atoms with Gasteiger partial charge in [-0.2, -0.15) is 0 Å². The SMILES string of the molecule is CN(Cc1ccc2c(c1)OCO2)C(=O)C1CCCC1CN. The number of hydrogen-bond acceptors (Lipinski definition) is 4. The molecule has 1 fully saturated rings. The number of fused-ring (bicyclic) bond motifs is 1. The highest BCUT2D eigenvalue weighted by Gasteiger charge is 2.33. The summed E-state index contributed by atoms with van der Waals surface area (Å²) >= 11 is 0. The van der Waals surface area contributed by atoms with E-state index in [-0.39, 0.29) is 18.6 Å². The Hall–Kier alpha value is -1.75. The maximum absolute atomic E-state index is 12.6.